The summed E-state index contributed by atoms with van der Waals surface area (Å²) in [5, 5.41) is 11.9. The van der Waals surface area contributed by atoms with Crippen LogP contribution in [0.5, 0.6) is 0 Å². The Bertz CT molecular complexity index is 391. The summed E-state index contributed by atoms with van der Waals surface area (Å²) in [5.74, 6) is 2.48. The van der Waals surface area contributed by atoms with Crippen LogP contribution in [-0.4, -0.2) is 21.5 Å². The second kappa shape index (κ2) is 7.21. The van der Waals surface area contributed by atoms with E-state index in [2.05, 4.69) is 36.4 Å². The van der Waals surface area contributed by atoms with E-state index in [0.717, 1.165) is 24.3 Å². The number of aromatic nitrogens is 3. The van der Waals surface area contributed by atoms with Crippen molar-refractivity contribution in [1.82, 2.24) is 20.3 Å². The van der Waals surface area contributed by atoms with E-state index in [1.165, 1.54) is 37.8 Å². The van der Waals surface area contributed by atoms with Crippen LogP contribution in [0, 0.1) is 17.8 Å². The Hall–Kier alpha value is -0.900. The minimum atomic E-state index is 0.420. The lowest BCUT2D eigenvalue weighted by molar-refractivity contribution is 0.185. The molecule has 1 unspecified atom stereocenters. The topological polar surface area (TPSA) is 42.7 Å². The highest BCUT2D eigenvalue weighted by Crippen LogP contribution is 2.39. The van der Waals surface area contributed by atoms with Gasteiger partial charge in [0.25, 0.3) is 0 Å². The van der Waals surface area contributed by atoms with Crippen LogP contribution in [0.1, 0.15) is 64.6 Å². The van der Waals surface area contributed by atoms with E-state index >= 15 is 0 Å². The second-order valence-electron chi connectivity index (χ2n) is 6.63. The molecule has 1 aromatic rings. The normalized spacial score (nSPS) is 25.1. The number of aryl methyl sites for hydroxylation is 1. The minimum absolute atomic E-state index is 0.420. The maximum atomic E-state index is 4.11. The maximum absolute atomic E-state index is 4.11. The Morgan fingerprint density at radius 2 is 1.90 bits per heavy atom. The molecule has 0 amide bonds. The molecule has 1 fully saturated rings. The Kier molecular flexibility index (Phi) is 5.58. The molecule has 4 heteroatoms. The van der Waals surface area contributed by atoms with Crippen LogP contribution in [0.2, 0.25) is 0 Å². The predicted molar refractivity (Wildman–Crippen MR) is 82.3 cm³/mol. The summed E-state index contributed by atoms with van der Waals surface area (Å²) in [4.78, 5) is 0. The van der Waals surface area contributed by atoms with Crippen molar-refractivity contribution >= 4 is 0 Å². The summed E-state index contributed by atoms with van der Waals surface area (Å²) in [5.41, 5.74) is 1.24. The van der Waals surface area contributed by atoms with Crippen LogP contribution in [-0.2, 0) is 7.05 Å². The Balaban J connectivity index is 2.03. The van der Waals surface area contributed by atoms with Crippen LogP contribution in [0.15, 0.2) is 6.20 Å². The van der Waals surface area contributed by atoms with Gasteiger partial charge in [0.15, 0.2) is 0 Å². The number of nitrogens with one attached hydrogen (secondary N) is 1. The van der Waals surface area contributed by atoms with Gasteiger partial charge in [-0.3, -0.25) is 4.68 Å². The van der Waals surface area contributed by atoms with Crippen LogP contribution in [0.25, 0.3) is 0 Å². The van der Waals surface area contributed by atoms with E-state index < -0.39 is 0 Å². The molecule has 1 aliphatic rings. The zero-order valence-electron chi connectivity index (χ0n) is 13.5. The average molecular weight is 278 g/mol. The lowest BCUT2D eigenvalue weighted by Gasteiger charge is -2.35. The third kappa shape index (κ3) is 3.60. The summed E-state index contributed by atoms with van der Waals surface area (Å²) in [6.45, 7) is 8.02. The number of hydrogen-bond donors (Lipinski definition) is 1. The molecule has 1 aliphatic carbocycles. The van der Waals surface area contributed by atoms with Gasteiger partial charge in [-0.2, -0.15) is 0 Å². The lowest BCUT2D eigenvalue weighted by Crippen LogP contribution is -2.33. The van der Waals surface area contributed by atoms with Gasteiger partial charge < -0.3 is 5.32 Å². The van der Waals surface area contributed by atoms with Gasteiger partial charge in [-0.1, -0.05) is 26.0 Å². The van der Waals surface area contributed by atoms with E-state index in [4.69, 9.17) is 0 Å². The zero-order valence-corrected chi connectivity index (χ0v) is 13.5. The van der Waals surface area contributed by atoms with Crippen molar-refractivity contribution in [2.45, 2.75) is 58.9 Å². The molecule has 114 valence electrons. The quantitative estimate of drug-likeness (QED) is 0.868. The lowest BCUT2D eigenvalue weighted by atomic mass is 9.74. The zero-order chi connectivity index (χ0) is 14.5. The molecule has 0 aliphatic heterocycles. The van der Waals surface area contributed by atoms with Gasteiger partial charge in [-0.15, -0.1) is 5.10 Å². The van der Waals surface area contributed by atoms with Gasteiger partial charge in [-0.05, 0) is 56.4 Å². The second-order valence-corrected chi connectivity index (χ2v) is 6.63. The van der Waals surface area contributed by atoms with E-state index in [0.29, 0.717) is 6.04 Å². The first-order valence-electron chi connectivity index (χ1n) is 8.21. The van der Waals surface area contributed by atoms with Gasteiger partial charge in [0.2, 0.25) is 0 Å². The molecule has 1 N–H and O–H groups in total. The van der Waals surface area contributed by atoms with Crippen molar-refractivity contribution in [3.8, 4) is 0 Å². The van der Waals surface area contributed by atoms with Crippen molar-refractivity contribution in [2.24, 2.45) is 24.8 Å². The Morgan fingerprint density at radius 3 is 2.40 bits per heavy atom. The van der Waals surface area contributed by atoms with E-state index in [1.54, 1.807) is 0 Å². The van der Waals surface area contributed by atoms with E-state index in [-0.39, 0.29) is 0 Å². The summed E-state index contributed by atoms with van der Waals surface area (Å²) < 4.78 is 1.93. The van der Waals surface area contributed by atoms with Crippen LogP contribution >= 0.6 is 0 Å². The molecule has 0 aromatic carbocycles. The highest BCUT2D eigenvalue weighted by atomic mass is 15.4. The molecule has 0 bridgehead atoms. The first-order chi connectivity index (χ1) is 9.63. The van der Waals surface area contributed by atoms with Crippen LogP contribution < -0.4 is 5.32 Å². The fourth-order valence-electron chi connectivity index (χ4n) is 3.54. The van der Waals surface area contributed by atoms with Crippen molar-refractivity contribution < 1.29 is 0 Å². The fraction of sp³-hybridized carbons (Fsp3) is 0.875. The number of rotatable bonds is 6. The molecule has 1 atom stereocenters. The first kappa shape index (κ1) is 15.5. The minimum Gasteiger partial charge on any atom is -0.308 e. The molecule has 20 heavy (non-hydrogen) atoms. The highest BCUT2D eigenvalue weighted by molar-refractivity contribution is 5.05. The standard InChI is InChI=1S/C16H30N4/c1-5-10-17-16(15-11-18-19-20(15)4)14-8-6-13(7-9-14)12(2)3/h11-14,16-17H,5-10H2,1-4H3. The monoisotopic (exact) mass is 278 g/mol. The maximum Gasteiger partial charge on any atom is 0.0756 e. The molecule has 1 saturated carbocycles. The van der Waals surface area contributed by atoms with E-state index in [1.807, 2.05) is 17.9 Å². The third-order valence-electron chi connectivity index (χ3n) is 4.91. The van der Waals surface area contributed by atoms with E-state index in [9.17, 15) is 0 Å². The molecule has 0 spiro atoms. The summed E-state index contributed by atoms with van der Waals surface area (Å²) in [7, 11) is 2.00. The summed E-state index contributed by atoms with van der Waals surface area (Å²) in [6.07, 6.45) is 8.51. The van der Waals surface area contributed by atoms with Gasteiger partial charge in [0, 0.05) is 7.05 Å². The molecular weight excluding hydrogens is 248 g/mol. The molecule has 4 nitrogen and oxygen atoms in total. The van der Waals surface area contributed by atoms with Crippen LogP contribution in [0.3, 0.4) is 0 Å². The fourth-order valence-corrected chi connectivity index (χ4v) is 3.54. The van der Waals surface area contributed by atoms with Crippen molar-refractivity contribution in [3.05, 3.63) is 11.9 Å². The molecule has 2 rings (SSSR count). The van der Waals surface area contributed by atoms with Crippen molar-refractivity contribution in [1.29, 1.82) is 0 Å². The smallest absolute Gasteiger partial charge is 0.0756 e. The largest absolute Gasteiger partial charge is 0.308 e. The summed E-state index contributed by atoms with van der Waals surface area (Å²) in [6, 6.07) is 0.420. The van der Waals surface area contributed by atoms with Gasteiger partial charge in [0.05, 0.1) is 17.9 Å². The predicted octanol–water partition coefficient (Wildman–Crippen LogP) is 3.32. The third-order valence-corrected chi connectivity index (χ3v) is 4.91. The Morgan fingerprint density at radius 1 is 1.25 bits per heavy atom. The molecule has 1 aromatic heterocycles. The van der Waals surface area contributed by atoms with Crippen molar-refractivity contribution in [3.63, 3.8) is 0 Å². The molecule has 0 saturated heterocycles. The summed E-state index contributed by atoms with van der Waals surface area (Å²) >= 11 is 0. The highest BCUT2D eigenvalue weighted by Gasteiger charge is 2.30. The number of hydrogen-bond acceptors (Lipinski definition) is 3. The van der Waals surface area contributed by atoms with Gasteiger partial charge in [-0.25, -0.2) is 0 Å². The molecule has 1 heterocycles. The van der Waals surface area contributed by atoms with Gasteiger partial charge in [0.1, 0.15) is 0 Å². The SMILES string of the molecule is CCCNC(c1cnnn1C)C1CCC(C(C)C)CC1. The number of nitrogens with zero attached hydrogens (tertiary/aromatic N) is 3. The Labute approximate surface area is 123 Å². The molecule has 0 radical (unpaired) electrons. The van der Waals surface area contributed by atoms with Crippen LogP contribution in [0.4, 0.5) is 0 Å². The van der Waals surface area contributed by atoms with Crippen molar-refractivity contribution in [2.75, 3.05) is 6.54 Å². The molecular formula is C16H30N4. The average Bonchev–Trinajstić information content (AvgIpc) is 2.86. The first-order valence-corrected chi connectivity index (χ1v) is 8.21. The van der Waals surface area contributed by atoms with Gasteiger partial charge >= 0.3 is 0 Å².